The molecule has 1 fully saturated rings. The molecular weight excluding hydrogens is 210 g/mol. The lowest BCUT2D eigenvalue weighted by Crippen LogP contribution is -2.57. The maximum Gasteiger partial charge on any atom is 0.353 e. The van der Waals surface area contributed by atoms with Crippen LogP contribution in [0.2, 0.25) is 0 Å². The van der Waals surface area contributed by atoms with Crippen LogP contribution in [0.5, 0.6) is 0 Å². The number of carbonyl (C=O) groups is 1. The normalized spacial score (nSPS) is 31.4. The van der Waals surface area contributed by atoms with Crippen molar-refractivity contribution in [3.8, 4) is 0 Å². The topological polar surface area (TPSA) is 74.2 Å². The van der Waals surface area contributed by atoms with Crippen molar-refractivity contribution in [2.24, 2.45) is 4.99 Å². The fourth-order valence-electron chi connectivity index (χ4n) is 2.05. The molecule has 6 nitrogen and oxygen atoms in total. The number of aliphatic hydroxyl groups is 1. The van der Waals surface area contributed by atoms with E-state index in [1.807, 2.05) is 0 Å². The summed E-state index contributed by atoms with van der Waals surface area (Å²) in [5, 5.41) is 13.9. The van der Waals surface area contributed by atoms with Crippen LogP contribution in [0.1, 0.15) is 19.8 Å². The quantitative estimate of drug-likeness (QED) is 0.652. The van der Waals surface area contributed by atoms with Gasteiger partial charge < -0.3 is 15.3 Å². The van der Waals surface area contributed by atoms with Gasteiger partial charge in [0.05, 0.1) is 18.9 Å². The average molecular weight is 227 g/mol. The van der Waals surface area contributed by atoms with Gasteiger partial charge in [0.25, 0.3) is 0 Å². The van der Waals surface area contributed by atoms with Crippen molar-refractivity contribution in [3.63, 3.8) is 0 Å². The highest BCUT2D eigenvalue weighted by Crippen LogP contribution is 2.20. The molecular formula is C10H17N3O3. The number of hydrogen-bond acceptors (Lipinski definition) is 6. The van der Waals surface area contributed by atoms with Crippen LogP contribution < -0.4 is 5.32 Å². The highest BCUT2D eigenvalue weighted by Gasteiger charge is 2.35. The molecule has 0 amide bonds. The van der Waals surface area contributed by atoms with E-state index in [9.17, 15) is 4.79 Å². The Balaban J connectivity index is 1.98. The van der Waals surface area contributed by atoms with Crippen LogP contribution in [0.25, 0.3) is 0 Å². The first kappa shape index (κ1) is 11.3. The number of hydroxylamine groups is 2. The largest absolute Gasteiger partial charge is 0.382 e. The second-order valence-corrected chi connectivity index (χ2v) is 4.20. The fraction of sp³-hybridized carbons (Fsp3) is 0.800. The number of fused-ring (bicyclic) bond motifs is 1. The summed E-state index contributed by atoms with van der Waals surface area (Å²) in [6, 6.07) is 0.370. The van der Waals surface area contributed by atoms with Crippen LogP contribution in [0, 0.1) is 0 Å². The standard InChI is InChI=1S/C10H17N3O3/c1-7(14)10(15)16-13-4-2-3-8-9(13)5-11-6-12-8/h6-9,14H,2-5H2,1H3,(H,11,12). The molecule has 3 atom stereocenters. The predicted molar refractivity (Wildman–Crippen MR) is 57.8 cm³/mol. The molecule has 0 bridgehead atoms. The van der Waals surface area contributed by atoms with Gasteiger partial charge in [-0.1, -0.05) is 0 Å². The molecule has 2 rings (SSSR count). The van der Waals surface area contributed by atoms with Gasteiger partial charge in [-0.15, -0.1) is 5.06 Å². The third-order valence-corrected chi connectivity index (χ3v) is 2.95. The molecule has 1 saturated heterocycles. The second-order valence-electron chi connectivity index (χ2n) is 4.20. The third kappa shape index (κ3) is 2.33. The smallest absolute Gasteiger partial charge is 0.353 e. The Hall–Kier alpha value is -1.14. The number of rotatable bonds is 2. The van der Waals surface area contributed by atoms with Gasteiger partial charge in [0, 0.05) is 12.6 Å². The molecule has 6 heteroatoms. The molecule has 0 aromatic rings. The van der Waals surface area contributed by atoms with E-state index in [2.05, 4.69) is 10.3 Å². The first-order valence-corrected chi connectivity index (χ1v) is 5.59. The summed E-state index contributed by atoms with van der Waals surface area (Å²) in [6.07, 6.45) is 2.65. The number of carbonyl (C=O) groups excluding carboxylic acids is 1. The highest BCUT2D eigenvalue weighted by molar-refractivity contribution is 5.73. The lowest BCUT2D eigenvalue weighted by Gasteiger charge is -2.40. The van der Waals surface area contributed by atoms with Crippen molar-refractivity contribution in [2.45, 2.75) is 38.0 Å². The Bertz CT molecular complexity index is 293. The van der Waals surface area contributed by atoms with E-state index in [0.29, 0.717) is 13.1 Å². The Labute approximate surface area is 94.2 Å². The minimum atomic E-state index is -1.08. The van der Waals surface area contributed by atoms with Crippen LogP contribution >= 0.6 is 0 Å². The minimum Gasteiger partial charge on any atom is -0.382 e. The summed E-state index contributed by atoms with van der Waals surface area (Å²) in [5.74, 6) is -0.602. The number of piperidine rings is 1. The van der Waals surface area contributed by atoms with Crippen molar-refractivity contribution in [2.75, 3.05) is 13.1 Å². The lowest BCUT2D eigenvalue weighted by atomic mass is 9.97. The van der Waals surface area contributed by atoms with Crippen molar-refractivity contribution in [1.29, 1.82) is 0 Å². The molecule has 2 heterocycles. The predicted octanol–water partition coefficient (Wildman–Crippen LogP) is -0.710. The SMILES string of the molecule is CC(O)C(=O)ON1CCCC2NC=NCC21. The number of nitrogens with one attached hydrogen (secondary N) is 1. The molecule has 0 aromatic heterocycles. The van der Waals surface area contributed by atoms with Crippen LogP contribution in [-0.4, -0.2) is 53.8 Å². The van der Waals surface area contributed by atoms with Crippen molar-refractivity contribution in [3.05, 3.63) is 0 Å². The van der Waals surface area contributed by atoms with E-state index in [1.165, 1.54) is 6.92 Å². The second kappa shape index (κ2) is 4.80. The molecule has 0 saturated carbocycles. The maximum absolute atomic E-state index is 11.3. The van der Waals surface area contributed by atoms with Gasteiger partial charge >= 0.3 is 5.97 Å². The third-order valence-electron chi connectivity index (χ3n) is 2.95. The molecule has 3 unspecified atom stereocenters. The molecule has 2 aliphatic heterocycles. The zero-order valence-electron chi connectivity index (χ0n) is 9.30. The Morgan fingerprint density at radius 3 is 3.31 bits per heavy atom. The zero-order chi connectivity index (χ0) is 11.5. The van der Waals surface area contributed by atoms with E-state index >= 15 is 0 Å². The van der Waals surface area contributed by atoms with E-state index < -0.39 is 12.1 Å². The summed E-state index contributed by atoms with van der Waals surface area (Å²) in [7, 11) is 0. The zero-order valence-corrected chi connectivity index (χ0v) is 9.30. The van der Waals surface area contributed by atoms with E-state index in [0.717, 1.165) is 12.8 Å². The lowest BCUT2D eigenvalue weighted by molar-refractivity contribution is -0.217. The van der Waals surface area contributed by atoms with Crippen molar-refractivity contribution in [1.82, 2.24) is 10.4 Å². The first-order chi connectivity index (χ1) is 7.68. The fourth-order valence-corrected chi connectivity index (χ4v) is 2.05. The molecule has 16 heavy (non-hydrogen) atoms. The average Bonchev–Trinajstić information content (AvgIpc) is 2.29. The van der Waals surface area contributed by atoms with E-state index in [1.54, 1.807) is 11.4 Å². The van der Waals surface area contributed by atoms with Gasteiger partial charge in [-0.25, -0.2) is 4.79 Å². The Kier molecular flexibility index (Phi) is 3.40. The summed E-state index contributed by atoms with van der Waals surface area (Å²) < 4.78 is 0. The summed E-state index contributed by atoms with van der Waals surface area (Å²) in [6.45, 7) is 2.74. The van der Waals surface area contributed by atoms with Crippen LogP contribution in [-0.2, 0) is 9.63 Å². The van der Waals surface area contributed by atoms with Crippen LogP contribution in [0.15, 0.2) is 4.99 Å². The van der Waals surface area contributed by atoms with Crippen LogP contribution in [0.3, 0.4) is 0 Å². The molecule has 0 aromatic carbocycles. The maximum atomic E-state index is 11.3. The minimum absolute atomic E-state index is 0.0847. The van der Waals surface area contributed by atoms with Gasteiger partial charge in [0.1, 0.15) is 0 Å². The van der Waals surface area contributed by atoms with Gasteiger partial charge in [-0.3, -0.25) is 4.99 Å². The Morgan fingerprint density at radius 2 is 2.56 bits per heavy atom. The Morgan fingerprint density at radius 1 is 1.75 bits per heavy atom. The molecule has 2 N–H and O–H groups in total. The van der Waals surface area contributed by atoms with E-state index in [4.69, 9.17) is 9.94 Å². The number of hydrogen-bond donors (Lipinski definition) is 2. The summed E-state index contributed by atoms with van der Waals surface area (Å²) in [5.41, 5.74) is 0. The van der Waals surface area contributed by atoms with E-state index in [-0.39, 0.29) is 12.1 Å². The van der Waals surface area contributed by atoms with Gasteiger partial charge in [0.2, 0.25) is 0 Å². The molecule has 2 aliphatic rings. The molecule has 0 aliphatic carbocycles. The van der Waals surface area contributed by atoms with Crippen molar-refractivity contribution < 1.29 is 14.7 Å². The number of nitrogens with zero attached hydrogens (tertiary/aromatic N) is 2. The molecule has 0 radical (unpaired) electrons. The summed E-state index contributed by atoms with van der Waals surface area (Å²) >= 11 is 0. The summed E-state index contributed by atoms with van der Waals surface area (Å²) in [4.78, 5) is 20.6. The molecule has 90 valence electrons. The molecule has 0 spiro atoms. The van der Waals surface area contributed by atoms with Crippen molar-refractivity contribution >= 4 is 12.3 Å². The van der Waals surface area contributed by atoms with Gasteiger partial charge in [0.15, 0.2) is 6.10 Å². The van der Waals surface area contributed by atoms with Crippen LogP contribution in [0.4, 0.5) is 0 Å². The van der Waals surface area contributed by atoms with Gasteiger partial charge in [-0.05, 0) is 19.8 Å². The number of aliphatic hydroxyl groups excluding tert-OH is 1. The number of aliphatic imine (C=N–C) groups is 1. The monoisotopic (exact) mass is 227 g/mol. The van der Waals surface area contributed by atoms with Gasteiger partial charge in [-0.2, -0.15) is 0 Å². The highest BCUT2D eigenvalue weighted by atomic mass is 16.7. The first-order valence-electron chi connectivity index (χ1n) is 5.59.